The Morgan fingerprint density at radius 3 is 1.59 bits per heavy atom. The zero-order valence-corrected chi connectivity index (χ0v) is 30.5. The molecule has 2 rings (SSSR count). The number of hydrogen-bond acceptors (Lipinski definition) is 15. The van der Waals surface area contributed by atoms with Crippen LogP contribution in [0.25, 0.3) is 0 Å². The van der Waals surface area contributed by atoms with Gasteiger partial charge in [-0.15, -0.1) is 0 Å². The second-order valence-corrected chi connectivity index (χ2v) is 11.0. The number of ether oxygens (including phenoxy) is 8. The largest absolute Gasteiger partial charge is 0.488 e. The van der Waals surface area contributed by atoms with Crippen molar-refractivity contribution in [2.24, 2.45) is 0 Å². The molecule has 51 heavy (non-hydrogen) atoms. The molecule has 0 unspecified atom stereocenters. The number of hydrogen-bond donors (Lipinski definition) is 0. The third-order valence-electron chi connectivity index (χ3n) is 6.55. The number of anilines is 2. The molecule has 282 valence electrons. The van der Waals surface area contributed by atoms with Crippen molar-refractivity contribution < 1.29 is 61.9 Å². The molecule has 0 heterocycles. The summed E-state index contributed by atoms with van der Waals surface area (Å²) in [5.41, 5.74) is 1.52. The lowest BCUT2D eigenvalue weighted by atomic mass is 10.2. The summed E-state index contributed by atoms with van der Waals surface area (Å²) in [6.07, 6.45) is -0.415. The fourth-order valence-corrected chi connectivity index (χ4v) is 4.67. The normalized spacial score (nSPS) is 10.5. The van der Waals surface area contributed by atoms with Gasteiger partial charge in [0.15, 0.2) is 6.61 Å². The summed E-state index contributed by atoms with van der Waals surface area (Å²) in [4.78, 5) is 65.5. The highest BCUT2D eigenvalue weighted by Crippen LogP contribution is 2.38. The summed E-state index contributed by atoms with van der Waals surface area (Å²) in [7, 11) is 0. The van der Waals surface area contributed by atoms with Crippen molar-refractivity contribution in [3.8, 4) is 17.2 Å². The minimum atomic E-state index is -0.619. The Morgan fingerprint density at radius 2 is 1.06 bits per heavy atom. The van der Waals surface area contributed by atoms with E-state index in [1.807, 2.05) is 13.0 Å². The minimum Gasteiger partial charge on any atom is -0.488 e. The van der Waals surface area contributed by atoms with Gasteiger partial charge in [0.05, 0.1) is 38.2 Å². The molecule has 0 N–H and O–H groups in total. The standard InChI is InChI=1S/C36H50N2O13/c1-8-44-31(39)20-37(21-32(40)45-9-2)27-16-15-26(7)19-30(27)49-18-17-48-28-13-12-14-29(50-24-35(43)47-11-4)36(28)38(22-33(41)46-10-3)23-34(42)51-25(5)6/h12-16,19,25H,8-11,17-18,20-24H2,1-7H3. The van der Waals surface area contributed by atoms with E-state index in [0.717, 1.165) is 5.56 Å². The van der Waals surface area contributed by atoms with E-state index in [9.17, 15) is 24.0 Å². The van der Waals surface area contributed by atoms with Gasteiger partial charge in [-0.2, -0.15) is 0 Å². The maximum absolute atomic E-state index is 12.8. The fourth-order valence-electron chi connectivity index (χ4n) is 4.67. The smallest absolute Gasteiger partial charge is 0.344 e. The second kappa shape index (κ2) is 22.5. The SMILES string of the molecule is CCOC(=O)COc1cccc(OCCOc2cc(C)ccc2N(CC(=O)OCC)CC(=O)OCC)c1N(CC(=O)OCC)CC(=O)OC(C)C. The quantitative estimate of drug-likeness (QED) is 0.0928. The number of carbonyl (C=O) groups is 5. The van der Waals surface area contributed by atoms with Gasteiger partial charge in [-0.3, -0.25) is 19.2 Å². The summed E-state index contributed by atoms with van der Waals surface area (Å²) in [6.45, 7) is 10.9. The van der Waals surface area contributed by atoms with Gasteiger partial charge < -0.3 is 47.7 Å². The molecular weight excluding hydrogens is 668 g/mol. The Hall–Kier alpha value is -5.21. The van der Waals surface area contributed by atoms with E-state index in [1.54, 1.807) is 71.9 Å². The van der Waals surface area contributed by atoms with Crippen LogP contribution in [0.4, 0.5) is 11.4 Å². The van der Waals surface area contributed by atoms with Crippen molar-refractivity contribution in [1.29, 1.82) is 0 Å². The Labute approximate surface area is 298 Å². The van der Waals surface area contributed by atoms with Crippen LogP contribution in [0.5, 0.6) is 17.2 Å². The van der Waals surface area contributed by atoms with E-state index in [0.29, 0.717) is 11.4 Å². The molecule has 0 radical (unpaired) electrons. The summed E-state index contributed by atoms with van der Waals surface area (Å²) >= 11 is 0. The number of esters is 5. The first kappa shape index (κ1) is 42.0. The van der Waals surface area contributed by atoms with E-state index < -0.39 is 42.6 Å². The van der Waals surface area contributed by atoms with Gasteiger partial charge >= 0.3 is 29.8 Å². The molecular formula is C36H50N2O13. The zero-order chi connectivity index (χ0) is 37.8. The molecule has 0 saturated heterocycles. The Morgan fingerprint density at radius 1 is 0.588 bits per heavy atom. The Balaban J connectivity index is 2.42. The molecule has 15 heteroatoms. The number of rotatable bonds is 23. The van der Waals surface area contributed by atoms with E-state index in [1.165, 1.54) is 9.80 Å². The summed E-state index contributed by atoms with van der Waals surface area (Å²) in [6, 6.07) is 10.1. The lowest BCUT2D eigenvalue weighted by molar-refractivity contribution is -0.147. The third-order valence-corrected chi connectivity index (χ3v) is 6.55. The van der Waals surface area contributed by atoms with Crippen LogP contribution in [-0.2, 0) is 47.7 Å². The van der Waals surface area contributed by atoms with Gasteiger partial charge in [-0.05, 0) is 78.3 Å². The predicted molar refractivity (Wildman–Crippen MR) is 186 cm³/mol. The van der Waals surface area contributed by atoms with Crippen molar-refractivity contribution in [2.45, 2.75) is 54.6 Å². The molecule has 2 aromatic rings. The van der Waals surface area contributed by atoms with Gasteiger partial charge in [0.1, 0.15) is 62.3 Å². The summed E-state index contributed by atoms with van der Waals surface area (Å²) in [5, 5.41) is 0. The lowest BCUT2D eigenvalue weighted by Gasteiger charge is -2.28. The average molecular weight is 719 g/mol. The van der Waals surface area contributed by atoms with Crippen molar-refractivity contribution in [3.05, 3.63) is 42.0 Å². The van der Waals surface area contributed by atoms with Crippen LogP contribution < -0.4 is 24.0 Å². The Kier molecular flexibility index (Phi) is 18.5. The molecule has 15 nitrogen and oxygen atoms in total. The topological polar surface area (TPSA) is 166 Å². The van der Waals surface area contributed by atoms with Crippen LogP contribution in [0.3, 0.4) is 0 Å². The average Bonchev–Trinajstić information content (AvgIpc) is 3.05. The van der Waals surface area contributed by atoms with Crippen LogP contribution in [-0.4, -0.2) is 108 Å². The number of nitrogens with zero attached hydrogens (tertiary/aromatic N) is 2. The van der Waals surface area contributed by atoms with Gasteiger partial charge in [0, 0.05) is 0 Å². The monoisotopic (exact) mass is 718 g/mol. The van der Waals surface area contributed by atoms with Gasteiger partial charge in [-0.1, -0.05) is 12.1 Å². The molecule has 0 aliphatic carbocycles. The minimum absolute atomic E-state index is 0.0102. The van der Waals surface area contributed by atoms with Crippen LogP contribution in [0, 0.1) is 6.92 Å². The van der Waals surface area contributed by atoms with Gasteiger partial charge in [-0.25, -0.2) is 4.79 Å². The number of carbonyl (C=O) groups excluding carboxylic acids is 5. The van der Waals surface area contributed by atoms with Crippen molar-refractivity contribution in [2.75, 3.05) is 82.2 Å². The first-order valence-electron chi connectivity index (χ1n) is 16.9. The van der Waals surface area contributed by atoms with Crippen LogP contribution >= 0.6 is 0 Å². The lowest BCUT2D eigenvalue weighted by Crippen LogP contribution is -2.37. The third kappa shape index (κ3) is 15.1. The molecule has 0 aliphatic rings. The molecule has 0 fully saturated rings. The molecule has 0 bridgehead atoms. The highest BCUT2D eigenvalue weighted by Gasteiger charge is 2.26. The maximum atomic E-state index is 12.8. The van der Waals surface area contributed by atoms with E-state index in [2.05, 4.69) is 0 Å². The molecule has 0 atom stereocenters. The van der Waals surface area contributed by atoms with E-state index >= 15 is 0 Å². The van der Waals surface area contributed by atoms with E-state index in [-0.39, 0.29) is 83.0 Å². The molecule has 0 spiro atoms. The van der Waals surface area contributed by atoms with Crippen molar-refractivity contribution in [1.82, 2.24) is 0 Å². The highest BCUT2D eigenvalue weighted by atomic mass is 16.6. The van der Waals surface area contributed by atoms with Crippen molar-refractivity contribution >= 4 is 41.2 Å². The van der Waals surface area contributed by atoms with Crippen LogP contribution in [0.2, 0.25) is 0 Å². The zero-order valence-electron chi connectivity index (χ0n) is 30.5. The molecule has 0 aliphatic heterocycles. The van der Waals surface area contributed by atoms with E-state index in [4.69, 9.17) is 37.9 Å². The van der Waals surface area contributed by atoms with Gasteiger partial charge in [0.25, 0.3) is 0 Å². The molecule has 0 amide bonds. The number of para-hydroxylation sites is 1. The number of benzene rings is 2. The maximum Gasteiger partial charge on any atom is 0.344 e. The molecule has 0 aromatic heterocycles. The first-order valence-corrected chi connectivity index (χ1v) is 16.9. The predicted octanol–water partition coefficient (Wildman–Crippen LogP) is 3.65. The van der Waals surface area contributed by atoms with Crippen LogP contribution in [0.15, 0.2) is 36.4 Å². The molecule has 2 aromatic carbocycles. The fraction of sp³-hybridized carbons (Fsp3) is 0.528. The Bertz CT molecular complexity index is 1430. The second-order valence-electron chi connectivity index (χ2n) is 11.0. The summed E-state index contributed by atoms with van der Waals surface area (Å²) in [5.74, 6) is -2.20. The van der Waals surface area contributed by atoms with Crippen LogP contribution in [0.1, 0.15) is 47.1 Å². The van der Waals surface area contributed by atoms with Gasteiger partial charge in [0.2, 0.25) is 0 Å². The highest BCUT2D eigenvalue weighted by molar-refractivity contribution is 5.85. The van der Waals surface area contributed by atoms with Crippen molar-refractivity contribution in [3.63, 3.8) is 0 Å². The molecule has 0 saturated carbocycles. The first-order chi connectivity index (χ1) is 24.4. The number of aryl methyl sites for hydroxylation is 1. The summed E-state index contributed by atoms with van der Waals surface area (Å²) < 4.78 is 43.8.